The molecule has 0 radical (unpaired) electrons. The fourth-order valence-corrected chi connectivity index (χ4v) is 5.89. The van der Waals surface area contributed by atoms with Gasteiger partial charge in [0.05, 0.1) is 72.0 Å². The summed E-state index contributed by atoms with van der Waals surface area (Å²) in [7, 11) is 0. The first-order valence-electron chi connectivity index (χ1n) is 16.3. The van der Waals surface area contributed by atoms with Crippen LogP contribution in [0.2, 0.25) is 0 Å². The molecule has 0 aromatic carbocycles. The maximum Gasteiger partial charge on any atom is 0.229 e. The molecular formula is C37H34FN11O2. The average molecular weight is 684 g/mol. The SMILES string of the molecule is Nc1ccc(-c2cccnc2)nc1CC(=O)N1Cc2cc(F)cnc2C1.Nc1ccc(-c2cccnc2)nc1CC(=O)c1cn2c(n1)CNCC2. The molecule has 6 aromatic rings. The van der Waals surface area contributed by atoms with Gasteiger partial charge >= 0.3 is 0 Å². The number of anilines is 2. The molecule has 1 amide bonds. The smallest absolute Gasteiger partial charge is 0.229 e. The first-order valence-corrected chi connectivity index (χ1v) is 16.3. The molecule has 51 heavy (non-hydrogen) atoms. The number of nitrogens with zero attached hydrogens (tertiary/aromatic N) is 8. The standard InChI is InChI=1S/C19H16FN5O.C18H18N6O/c20-14-6-13-10-25(11-18(13)23-9-14)19(26)7-17-15(21)3-4-16(24-17)12-2-1-5-22-8-12;19-13-3-4-14(12-2-1-5-20-9-12)22-15(13)8-17(25)16-11-24-7-6-21-10-18(24)23-16/h1-6,8-9H,7,10-11,21H2;1-5,9,11,21H,6-8,10,19H2. The van der Waals surface area contributed by atoms with Crippen LogP contribution in [0, 0.1) is 5.82 Å². The molecule has 0 saturated heterocycles. The minimum atomic E-state index is -0.395. The van der Waals surface area contributed by atoms with E-state index in [2.05, 4.69) is 35.2 Å². The summed E-state index contributed by atoms with van der Waals surface area (Å²) in [6.45, 7) is 3.12. The van der Waals surface area contributed by atoms with Crippen LogP contribution in [0.5, 0.6) is 0 Å². The van der Waals surface area contributed by atoms with Gasteiger partial charge in [0.1, 0.15) is 17.3 Å². The van der Waals surface area contributed by atoms with E-state index in [1.54, 1.807) is 47.9 Å². The van der Waals surface area contributed by atoms with Crippen LogP contribution in [0.15, 0.2) is 91.8 Å². The Balaban J connectivity index is 0.000000159. The highest BCUT2D eigenvalue weighted by molar-refractivity contribution is 5.96. The van der Waals surface area contributed by atoms with Crippen LogP contribution in [-0.4, -0.2) is 57.6 Å². The predicted molar refractivity (Wildman–Crippen MR) is 188 cm³/mol. The number of Topliss-reactive ketones (excluding diaryl/α,β-unsaturated/α-hetero) is 1. The first-order chi connectivity index (χ1) is 24.8. The van der Waals surface area contributed by atoms with E-state index in [0.717, 1.165) is 47.0 Å². The molecular weight excluding hydrogens is 649 g/mol. The predicted octanol–water partition coefficient (Wildman–Crippen LogP) is 3.80. The number of carbonyl (C=O) groups excluding carboxylic acids is 2. The fourth-order valence-electron chi connectivity index (χ4n) is 5.89. The van der Waals surface area contributed by atoms with Crippen LogP contribution in [0.1, 0.15) is 39.0 Å². The number of nitrogens with two attached hydrogens (primary N) is 2. The number of carbonyl (C=O) groups is 2. The van der Waals surface area contributed by atoms with Crippen LogP contribution >= 0.6 is 0 Å². The number of nitrogens with one attached hydrogen (secondary N) is 1. The van der Waals surface area contributed by atoms with Gasteiger partial charge in [0.25, 0.3) is 0 Å². The van der Waals surface area contributed by atoms with Crippen molar-refractivity contribution >= 4 is 23.1 Å². The van der Waals surface area contributed by atoms with E-state index >= 15 is 0 Å². The quantitative estimate of drug-likeness (QED) is 0.208. The van der Waals surface area contributed by atoms with Gasteiger partial charge in [0.15, 0.2) is 5.78 Å². The Morgan fingerprint density at radius 3 is 2.12 bits per heavy atom. The molecule has 8 heterocycles. The Labute approximate surface area is 292 Å². The van der Waals surface area contributed by atoms with Gasteiger partial charge < -0.3 is 26.3 Å². The van der Waals surface area contributed by atoms with Gasteiger partial charge in [-0.15, -0.1) is 0 Å². The van der Waals surface area contributed by atoms with Crippen molar-refractivity contribution in [2.45, 2.75) is 39.0 Å². The van der Waals surface area contributed by atoms with Crippen molar-refractivity contribution < 1.29 is 14.0 Å². The summed E-state index contributed by atoms with van der Waals surface area (Å²) in [5.74, 6) is 0.295. The van der Waals surface area contributed by atoms with Gasteiger partial charge in [-0.3, -0.25) is 34.5 Å². The van der Waals surface area contributed by atoms with E-state index in [1.807, 2.05) is 41.1 Å². The molecule has 13 nitrogen and oxygen atoms in total. The molecule has 2 aliphatic rings. The van der Waals surface area contributed by atoms with Gasteiger partial charge in [-0.2, -0.15) is 0 Å². The summed E-state index contributed by atoms with van der Waals surface area (Å²) in [6.07, 6.45) is 10.0. The second-order valence-electron chi connectivity index (χ2n) is 12.1. The van der Waals surface area contributed by atoms with Crippen LogP contribution in [0.25, 0.3) is 22.5 Å². The molecule has 2 aliphatic heterocycles. The van der Waals surface area contributed by atoms with E-state index in [1.165, 1.54) is 12.3 Å². The van der Waals surface area contributed by atoms with Crippen molar-refractivity contribution in [3.8, 4) is 22.5 Å². The van der Waals surface area contributed by atoms with Crippen molar-refractivity contribution in [3.63, 3.8) is 0 Å². The number of amides is 1. The van der Waals surface area contributed by atoms with E-state index in [4.69, 9.17) is 11.5 Å². The maximum absolute atomic E-state index is 13.3. The van der Waals surface area contributed by atoms with E-state index in [0.29, 0.717) is 53.8 Å². The normalized spacial score (nSPS) is 13.2. The lowest BCUT2D eigenvalue weighted by atomic mass is 10.1. The summed E-state index contributed by atoms with van der Waals surface area (Å²) < 4.78 is 15.3. The largest absolute Gasteiger partial charge is 0.397 e. The summed E-state index contributed by atoms with van der Waals surface area (Å²) in [6, 6.07) is 16.1. The molecule has 0 spiro atoms. The number of pyridine rings is 5. The highest BCUT2D eigenvalue weighted by Crippen LogP contribution is 2.25. The zero-order valence-electron chi connectivity index (χ0n) is 27.5. The highest BCUT2D eigenvalue weighted by atomic mass is 19.1. The van der Waals surface area contributed by atoms with Crippen LogP contribution < -0.4 is 16.8 Å². The lowest BCUT2D eigenvalue weighted by Gasteiger charge is -2.16. The number of aromatic nitrogens is 7. The number of halogens is 1. The van der Waals surface area contributed by atoms with Gasteiger partial charge in [-0.1, -0.05) is 0 Å². The van der Waals surface area contributed by atoms with Gasteiger partial charge in [-0.05, 0) is 60.2 Å². The van der Waals surface area contributed by atoms with E-state index in [9.17, 15) is 14.0 Å². The fraction of sp³-hybridized carbons (Fsp3) is 0.189. The molecule has 0 fully saturated rings. The number of rotatable bonds is 7. The topological polar surface area (TPSA) is 184 Å². The Hall–Kier alpha value is -6.41. The van der Waals surface area contributed by atoms with Crippen molar-refractivity contribution in [1.29, 1.82) is 0 Å². The maximum atomic E-state index is 13.3. The molecule has 6 aromatic heterocycles. The minimum absolute atomic E-state index is 0.0792. The van der Waals surface area contributed by atoms with Crippen LogP contribution in [0.4, 0.5) is 15.8 Å². The van der Waals surface area contributed by atoms with Crippen LogP contribution in [-0.2, 0) is 43.8 Å². The van der Waals surface area contributed by atoms with Crippen molar-refractivity contribution in [2.75, 3.05) is 18.0 Å². The van der Waals surface area contributed by atoms with E-state index in [-0.39, 0.29) is 24.5 Å². The summed E-state index contributed by atoms with van der Waals surface area (Å²) in [4.78, 5) is 52.7. The molecule has 0 saturated carbocycles. The number of ketones is 1. The molecule has 256 valence electrons. The second-order valence-corrected chi connectivity index (χ2v) is 12.1. The number of hydrogen-bond donors (Lipinski definition) is 3. The van der Waals surface area contributed by atoms with Gasteiger partial charge in [-0.25, -0.2) is 9.37 Å². The number of fused-ring (bicyclic) bond motifs is 2. The van der Waals surface area contributed by atoms with Gasteiger partial charge in [0.2, 0.25) is 5.91 Å². The third-order valence-corrected chi connectivity index (χ3v) is 8.62. The molecule has 14 heteroatoms. The van der Waals surface area contributed by atoms with Gasteiger partial charge in [0, 0.05) is 61.7 Å². The average Bonchev–Trinajstić information content (AvgIpc) is 3.79. The van der Waals surface area contributed by atoms with Crippen molar-refractivity contribution in [3.05, 3.63) is 132 Å². The lowest BCUT2D eigenvalue weighted by molar-refractivity contribution is -0.131. The monoisotopic (exact) mass is 683 g/mol. The Morgan fingerprint density at radius 2 is 1.49 bits per heavy atom. The highest BCUT2D eigenvalue weighted by Gasteiger charge is 2.26. The third kappa shape index (κ3) is 7.60. The molecule has 8 rings (SSSR count). The second kappa shape index (κ2) is 14.6. The molecule has 0 aliphatic carbocycles. The number of nitrogen functional groups attached to an aromatic ring is 2. The summed E-state index contributed by atoms with van der Waals surface area (Å²) in [5.41, 5.74) is 19.2. The van der Waals surface area contributed by atoms with E-state index < -0.39 is 5.82 Å². The molecule has 0 unspecified atom stereocenters. The Kier molecular flexibility index (Phi) is 9.48. The Morgan fingerprint density at radius 1 is 0.824 bits per heavy atom. The number of imidazole rings is 1. The zero-order valence-corrected chi connectivity index (χ0v) is 27.5. The third-order valence-electron chi connectivity index (χ3n) is 8.62. The zero-order chi connectivity index (χ0) is 35.3. The Bertz CT molecular complexity index is 2190. The number of hydrogen-bond acceptors (Lipinski definition) is 11. The first kappa shape index (κ1) is 33.1. The van der Waals surface area contributed by atoms with Crippen molar-refractivity contribution in [1.82, 2.24) is 44.7 Å². The molecule has 5 N–H and O–H groups in total. The minimum Gasteiger partial charge on any atom is -0.397 e. The molecule has 0 atom stereocenters. The van der Waals surface area contributed by atoms with Crippen molar-refractivity contribution in [2.24, 2.45) is 0 Å². The summed E-state index contributed by atoms with van der Waals surface area (Å²) in [5, 5.41) is 3.24. The lowest BCUT2D eigenvalue weighted by Crippen LogP contribution is -2.27. The molecule has 0 bridgehead atoms. The van der Waals surface area contributed by atoms with Crippen LogP contribution in [0.3, 0.4) is 0 Å². The summed E-state index contributed by atoms with van der Waals surface area (Å²) >= 11 is 0.